The number of carboxylic acids is 1. The summed E-state index contributed by atoms with van der Waals surface area (Å²) < 4.78 is 0. The van der Waals surface area contributed by atoms with Gasteiger partial charge in [0.15, 0.2) is 0 Å². The van der Waals surface area contributed by atoms with E-state index in [0.717, 1.165) is 5.56 Å². The number of nitrogens with one attached hydrogen (secondary N) is 1. The first kappa shape index (κ1) is 16.9. The van der Waals surface area contributed by atoms with Crippen molar-refractivity contribution in [3.8, 4) is 0 Å². The van der Waals surface area contributed by atoms with Gasteiger partial charge in [0.2, 0.25) is 0 Å². The number of urea groups is 1. The largest absolute Gasteiger partial charge is 0.481 e. The topological polar surface area (TPSA) is 69.6 Å². The van der Waals surface area contributed by atoms with Gasteiger partial charge in [0.05, 0.1) is 21.5 Å². The number of amides is 2. The molecule has 120 valence electrons. The number of benzene rings is 1. The molecular formula is C15H18Cl2N2O3. The SMILES string of the molecule is CC(NC(=O)N1CCC(C)(C(=O)O)C1)c1ccc(Cl)c(Cl)c1. The fraction of sp³-hybridized carbons (Fsp3) is 0.467. The van der Waals surface area contributed by atoms with E-state index in [1.54, 1.807) is 25.1 Å². The molecule has 1 aromatic rings. The van der Waals surface area contributed by atoms with E-state index in [2.05, 4.69) is 5.32 Å². The quantitative estimate of drug-likeness (QED) is 0.880. The Labute approximate surface area is 139 Å². The van der Waals surface area contributed by atoms with Gasteiger partial charge in [-0.1, -0.05) is 29.3 Å². The van der Waals surface area contributed by atoms with Gasteiger partial charge in [-0.25, -0.2) is 4.79 Å². The van der Waals surface area contributed by atoms with Crippen LogP contribution >= 0.6 is 23.2 Å². The maximum Gasteiger partial charge on any atom is 0.317 e. The highest BCUT2D eigenvalue weighted by molar-refractivity contribution is 6.42. The minimum atomic E-state index is -0.875. The molecule has 1 fully saturated rings. The molecule has 1 heterocycles. The molecule has 2 unspecified atom stereocenters. The van der Waals surface area contributed by atoms with Crippen molar-refractivity contribution in [1.82, 2.24) is 10.2 Å². The predicted molar refractivity (Wildman–Crippen MR) is 85.3 cm³/mol. The van der Waals surface area contributed by atoms with E-state index in [4.69, 9.17) is 23.2 Å². The predicted octanol–water partition coefficient (Wildman–Crippen LogP) is 3.56. The number of carboxylic acid groups (broad SMARTS) is 1. The number of carbonyl (C=O) groups is 2. The van der Waals surface area contributed by atoms with Crippen molar-refractivity contribution in [1.29, 1.82) is 0 Å². The van der Waals surface area contributed by atoms with Crippen LogP contribution in [-0.2, 0) is 4.79 Å². The fourth-order valence-electron chi connectivity index (χ4n) is 2.45. The molecule has 1 saturated heterocycles. The Morgan fingerprint density at radius 1 is 1.36 bits per heavy atom. The van der Waals surface area contributed by atoms with Crippen molar-refractivity contribution in [3.63, 3.8) is 0 Å². The molecule has 0 bridgehead atoms. The number of aliphatic carboxylic acids is 1. The van der Waals surface area contributed by atoms with Crippen LogP contribution in [0.3, 0.4) is 0 Å². The lowest BCUT2D eigenvalue weighted by Crippen LogP contribution is -2.41. The number of hydrogen-bond donors (Lipinski definition) is 2. The summed E-state index contributed by atoms with van der Waals surface area (Å²) in [5, 5.41) is 12.9. The van der Waals surface area contributed by atoms with Gasteiger partial charge >= 0.3 is 12.0 Å². The normalized spacial score (nSPS) is 22.5. The Hall–Kier alpha value is -1.46. The molecule has 0 radical (unpaired) electrons. The second kappa shape index (κ2) is 6.34. The fourth-order valence-corrected chi connectivity index (χ4v) is 2.76. The molecular weight excluding hydrogens is 327 g/mol. The Bertz CT molecular complexity index is 608. The van der Waals surface area contributed by atoms with Gasteiger partial charge in [-0.3, -0.25) is 4.79 Å². The van der Waals surface area contributed by atoms with Gasteiger partial charge in [-0.05, 0) is 38.0 Å². The van der Waals surface area contributed by atoms with E-state index in [1.165, 1.54) is 4.90 Å². The van der Waals surface area contributed by atoms with Gasteiger partial charge in [0.1, 0.15) is 0 Å². The van der Waals surface area contributed by atoms with E-state index >= 15 is 0 Å². The monoisotopic (exact) mass is 344 g/mol. The Morgan fingerprint density at radius 3 is 2.59 bits per heavy atom. The molecule has 5 nitrogen and oxygen atoms in total. The lowest BCUT2D eigenvalue weighted by atomic mass is 9.90. The second-order valence-electron chi connectivity index (χ2n) is 5.88. The number of hydrogen-bond acceptors (Lipinski definition) is 2. The third-order valence-electron chi connectivity index (χ3n) is 4.06. The minimum absolute atomic E-state index is 0.211. The first-order valence-corrected chi connectivity index (χ1v) is 7.72. The number of rotatable bonds is 3. The van der Waals surface area contributed by atoms with Crippen LogP contribution in [0.2, 0.25) is 10.0 Å². The Kier molecular flexibility index (Phi) is 4.87. The summed E-state index contributed by atoms with van der Waals surface area (Å²) in [5.74, 6) is -0.875. The minimum Gasteiger partial charge on any atom is -0.481 e. The molecule has 2 atom stereocenters. The summed E-state index contributed by atoms with van der Waals surface area (Å²) in [7, 11) is 0. The van der Waals surface area contributed by atoms with Crippen molar-refractivity contribution in [3.05, 3.63) is 33.8 Å². The zero-order valence-electron chi connectivity index (χ0n) is 12.4. The van der Waals surface area contributed by atoms with Crippen LogP contribution in [0.25, 0.3) is 0 Å². The lowest BCUT2D eigenvalue weighted by molar-refractivity contribution is -0.146. The Balaban J connectivity index is 2.00. The van der Waals surface area contributed by atoms with E-state index in [-0.39, 0.29) is 18.6 Å². The van der Waals surface area contributed by atoms with Crippen LogP contribution in [0.15, 0.2) is 18.2 Å². The van der Waals surface area contributed by atoms with Crippen LogP contribution < -0.4 is 5.32 Å². The van der Waals surface area contributed by atoms with Crippen LogP contribution in [0, 0.1) is 5.41 Å². The van der Waals surface area contributed by atoms with Crippen molar-refractivity contribution in [2.45, 2.75) is 26.3 Å². The third kappa shape index (κ3) is 3.47. The van der Waals surface area contributed by atoms with Gasteiger partial charge < -0.3 is 15.3 Å². The molecule has 1 aliphatic heterocycles. The summed E-state index contributed by atoms with van der Waals surface area (Å²) in [4.78, 5) is 25.0. The molecule has 0 aromatic heterocycles. The molecule has 1 aliphatic rings. The van der Waals surface area contributed by atoms with Crippen molar-refractivity contribution in [2.75, 3.05) is 13.1 Å². The highest BCUT2D eigenvalue weighted by atomic mass is 35.5. The van der Waals surface area contributed by atoms with Gasteiger partial charge in [-0.2, -0.15) is 0 Å². The summed E-state index contributed by atoms with van der Waals surface area (Å²) in [6.07, 6.45) is 0.455. The van der Waals surface area contributed by atoms with E-state index in [9.17, 15) is 14.7 Å². The van der Waals surface area contributed by atoms with Crippen molar-refractivity contribution in [2.24, 2.45) is 5.41 Å². The zero-order valence-corrected chi connectivity index (χ0v) is 13.9. The van der Waals surface area contributed by atoms with Crippen LogP contribution in [-0.4, -0.2) is 35.1 Å². The molecule has 2 amide bonds. The van der Waals surface area contributed by atoms with Gasteiger partial charge in [-0.15, -0.1) is 0 Å². The van der Waals surface area contributed by atoms with E-state index in [0.29, 0.717) is 23.0 Å². The van der Waals surface area contributed by atoms with Crippen molar-refractivity contribution >= 4 is 35.2 Å². The molecule has 1 aromatic carbocycles. The molecule has 0 saturated carbocycles. The average molecular weight is 345 g/mol. The van der Waals surface area contributed by atoms with Crippen LogP contribution in [0.4, 0.5) is 4.79 Å². The first-order valence-electron chi connectivity index (χ1n) is 6.97. The maximum absolute atomic E-state index is 12.3. The van der Waals surface area contributed by atoms with E-state index in [1.807, 2.05) is 6.92 Å². The van der Waals surface area contributed by atoms with E-state index < -0.39 is 11.4 Å². The molecule has 2 rings (SSSR count). The van der Waals surface area contributed by atoms with Crippen LogP contribution in [0.1, 0.15) is 31.9 Å². The van der Waals surface area contributed by atoms with Crippen LogP contribution in [0.5, 0.6) is 0 Å². The number of nitrogens with zero attached hydrogens (tertiary/aromatic N) is 1. The Morgan fingerprint density at radius 2 is 2.05 bits per heavy atom. The summed E-state index contributed by atoms with van der Waals surface area (Å²) in [5.41, 5.74) is -0.0348. The highest BCUT2D eigenvalue weighted by Gasteiger charge is 2.42. The number of halogens is 2. The molecule has 0 spiro atoms. The smallest absolute Gasteiger partial charge is 0.317 e. The number of carbonyl (C=O) groups excluding carboxylic acids is 1. The number of likely N-dealkylation sites (tertiary alicyclic amines) is 1. The summed E-state index contributed by atoms with van der Waals surface area (Å²) in [6, 6.07) is 4.66. The van der Waals surface area contributed by atoms with Gasteiger partial charge in [0.25, 0.3) is 0 Å². The standard InChI is InChI=1S/C15H18Cl2N2O3/c1-9(10-3-4-11(16)12(17)7-10)18-14(22)19-6-5-15(2,8-19)13(20)21/h3-4,7,9H,5-6,8H2,1-2H3,(H,18,22)(H,20,21). The summed E-state index contributed by atoms with van der Waals surface area (Å²) >= 11 is 11.8. The molecule has 7 heteroatoms. The highest BCUT2D eigenvalue weighted by Crippen LogP contribution is 2.30. The third-order valence-corrected chi connectivity index (χ3v) is 4.80. The second-order valence-corrected chi connectivity index (χ2v) is 6.70. The molecule has 0 aliphatic carbocycles. The van der Waals surface area contributed by atoms with Gasteiger partial charge in [0, 0.05) is 13.1 Å². The average Bonchev–Trinajstić information content (AvgIpc) is 2.86. The molecule has 2 N–H and O–H groups in total. The zero-order chi connectivity index (χ0) is 16.5. The molecule has 22 heavy (non-hydrogen) atoms. The first-order chi connectivity index (χ1) is 10.2. The lowest BCUT2D eigenvalue weighted by Gasteiger charge is -2.23. The van der Waals surface area contributed by atoms with Crippen molar-refractivity contribution < 1.29 is 14.7 Å². The maximum atomic E-state index is 12.3. The summed E-state index contributed by atoms with van der Waals surface area (Å²) in [6.45, 7) is 4.14.